The largest absolute Gasteiger partial charge is 0.493 e. The number of rotatable bonds is 9. The lowest BCUT2D eigenvalue weighted by Crippen LogP contribution is -2.40. The molecule has 2 aromatic carbocycles. The molecule has 0 spiro atoms. The molecule has 0 heterocycles. The molecule has 0 saturated heterocycles. The van der Waals surface area contributed by atoms with E-state index in [0.717, 1.165) is 12.1 Å². The number of benzene rings is 2. The third kappa shape index (κ3) is 8.59. The van der Waals surface area contributed by atoms with E-state index in [4.69, 9.17) is 9.47 Å². The first-order valence-corrected chi connectivity index (χ1v) is 9.25. The molecule has 0 aliphatic carbocycles. The van der Waals surface area contributed by atoms with E-state index in [9.17, 15) is 4.79 Å². The molecule has 0 aliphatic heterocycles. The number of hydrogen-bond acceptors (Lipinski definition) is 4. The quantitative estimate of drug-likeness (QED) is 0.273. The molecule has 0 saturated carbocycles. The number of amides is 1. The van der Waals surface area contributed by atoms with Crippen molar-refractivity contribution in [2.45, 2.75) is 13.3 Å². The van der Waals surface area contributed by atoms with E-state index >= 15 is 0 Å². The van der Waals surface area contributed by atoms with E-state index in [2.05, 4.69) is 20.9 Å². The first kappa shape index (κ1) is 24.5. The van der Waals surface area contributed by atoms with Crippen LogP contribution in [-0.4, -0.2) is 45.7 Å². The molecule has 0 unspecified atom stereocenters. The minimum absolute atomic E-state index is 0. The van der Waals surface area contributed by atoms with Gasteiger partial charge in [-0.2, -0.15) is 0 Å². The van der Waals surface area contributed by atoms with Gasteiger partial charge in [-0.3, -0.25) is 9.79 Å². The van der Waals surface area contributed by atoms with Crippen LogP contribution in [0.4, 0.5) is 5.69 Å². The molecule has 3 N–H and O–H groups in total. The monoisotopic (exact) mass is 512 g/mol. The number of carbonyl (C=O) groups is 1. The van der Waals surface area contributed by atoms with Crippen molar-refractivity contribution in [3.63, 3.8) is 0 Å². The van der Waals surface area contributed by atoms with Gasteiger partial charge < -0.3 is 25.4 Å². The summed E-state index contributed by atoms with van der Waals surface area (Å²) in [5, 5.41) is 9.03. The predicted molar refractivity (Wildman–Crippen MR) is 128 cm³/mol. The van der Waals surface area contributed by atoms with Gasteiger partial charge in [0.05, 0.1) is 20.3 Å². The van der Waals surface area contributed by atoms with Gasteiger partial charge in [0, 0.05) is 25.3 Å². The van der Waals surface area contributed by atoms with Gasteiger partial charge in [-0.1, -0.05) is 30.3 Å². The lowest BCUT2D eigenvalue weighted by atomic mass is 10.1. The molecule has 0 bridgehead atoms. The Labute approximate surface area is 189 Å². The van der Waals surface area contributed by atoms with Crippen LogP contribution in [0.15, 0.2) is 53.5 Å². The van der Waals surface area contributed by atoms with Crippen molar-refractivity contribution in [1.29, 1.82) is 0 Å². The number of carbonyl (C=O) groups excluding carboxylic acids is 1. The SMILES string of the molecule is CCOc1ccc(NC(=NC)NCC(=O)NCCc2ccccc2)cc1OC.I. The summed E-state index contributed by atoms with van der Waals surface area (Å²) in [4.78, 5) is 16.2. The van der Waals surface area contributed by atoms with Crippen LogP contribution >= 0.6 is 24.0 Å². The van der Waals surface area contributed by atoms with E-state index in [1.54, 1.807) is 14.2 Å². The van der Waals surface area contributed by atoms with Crippen molar-refractivity contribution in [1.82, 2.24) is 10.6 Å². The molecule has 0 fully saturated rings. The molecular formula is C21H29IN4O3. The summed E-state index contributed by atoms with van der Waals surface area (Å²) in [6, 6.07) is 15.5. The van der Waals surface area contributed by atoms with Gasteiger partial charge in [0.2, 0.25) is 5.91 Å². The summed E-state index contributed by atoms with van der Waals surface area (Å²) >= 11 is 0. The van der Waals surface area contributed by atoms with Crippen molar-refractivity contribution in [3.8, 4) is 11.5 Å². The molecule has 29 heavy (non-hydrogen) atoms. The maximum atomic E-state index is 12.0. The number of nitrogens with zero attached hydrogens (tertiary/aromatic N) is 1. The average Bonchev–Trinajstić information content (AvgIpc) is 2.73. The molecule has 0 aromatic heterocycles. The third-order valence-corrected chi connectivity index (χ3v) is 3.94. The van der Waals surface area contributed by atoms with Crippen LogP contribution in [0.5, 0.6) is 11.5 Å². The molecule has 2 rings (SSSR count). The number of guanidine groups is 1. The predicted octanol–water partition coefficient (Wildman–Crippen LogP) is 3.06. The van der Waals surface area contributed by atoms with Gasteiger partial charge in [0.15, 0.2) is 17.5 Å². The fourth-order valence-electron chi connectivity index (χ4n) is 2.55. The number of nitrogens with one attached hydrogen (secondary N) is 3. The number of methoxy groups -OCH3 is 1. The van der Waals surface area contributed by atoms with Gasteiger partial charge in [-0.05, 0) is 31.0 Å². The van der Waals surface area contributed by atoms with Crippen LogP contribution < -0.4 is 25.4 Å². The molecule has 2 aromatic rings. The normalized spacial score (nSPS) is 10.5. The Morgan fingerprint density at radius 2 is 1.83 bits per heavy atom. The van der Waals surface area contributed by atoms with Gasteiger partial charge in [0.25, 0.3) is 0 Å². The smallest absolute Gasteiger partial charge is 0.239 e. The standard InChI is InChI=1S/C21H28N4O3.HI/c1-4-28-18-11-10-17(14-19(18)27-3)25-21(22-2)24-15-20(26)23-13-12-16-8-6-5-7-9-16;/h5-11,14H,4,12-13,15H2,1-3H3,(H,23,26)(H2,22,24,25);1H. The zero-order chi connectivity index (χ0) is 20.2. The Kier molecular flexibility index (Phi) is 11.6. The fourth-order valence-corrected chi connectivity index (χ4v) is 2.55. The fraction of sp³-hybridized carbons (Fsp3) is 0.333. The second-order valence-electron chi connectivity index (χ2n) is 5.93. The lowest BCUT2D eigenvalue weighted by molar-refractivity contribution is -0.119. The molecule has 0 aliphatic rings. The number of halogens is 1. The zero-order valence-electron chi connectivity index (χ0n) is 17.0. The van der Waals surface area contributed by atoms with Crippen molar-refractivity contribution in [2.75, 3.05) is 39.2 Å². The Morgan fingerprint density at radius 1 is 1.07 bits per heavy atom. The average molecular weight is 512 g/mol. The summed E-state index contributed by atoms with van der Waals surface area (Å²) in [6.45, 7) is 3.20. The molecular weight excluding hydrogens is 483 g/mol. The molecule has 0 atom stereocenters. The second kappa shape index (κ2) is 13.6. The molecule has 158 valence electrons. The summed E-state index contributed by atoms with van der Waals surface area (Å²) in [5.74, 6) is 1.70. The van der Waals surface area contributed by atoms with Gasteiger partial charge in [-0.25, -0.2) is 0 Å². The van der Waals surface area contributed by atoms with Crippen LogP contribution in [0.3, 0.4) is 0 Å². The topological polar surface area (TPSA) is 84.0 Å². The molecule has 0 radical (unpaired) electrons. The molecule has 7 nitrogen and oxygen atoms in total. The minimum Gasteiger partial charge on any atom is -0.493 e. The van der Waals surface area contributed by atoms with Crippen LogP contribution in [0.2, 0.25) is 0 Å². The Balaban J connectivity index is 0.00000420. The van der Waals surface area contributed by atoms with E-state index in [1.807, 2.05) is 55.5 Å². The van der Waals surface area contributed by atoms with Gasteiger partial charge in [0.1, 0.15) is 0 Å². The van der Waals surface area contributed by atoms with Crippen molar-refractivity contribution in [2.24, 2.45) is 4.99 Å². The van der Waals surface area contributed by atoms with E-state index in [1.165, 1.54) is 5.56 Å². The second-order valence-corrected chi connectivity index (χ2v) is 5.93. The van der Waals surface area contributed by atoms with E-state index in [0.29, 0.717) is 30.6 Å². The number of hydrogen-bond donors (Lipinski definition) is 3. The summed E-state index contributed by atoms with van der Waals surface area (Å²) in [5.41, 5.74) is 1.97. The van der Waals surface area contributed by atoms with E-state index < -0.39 is 0 Å². The highest BCUT2D eigenvalue weighted by atomic mass is 127. The van der Waals surface area contributed by atoms with Crippen LogP contribution in [-0.2, 0) is 11.2 Å². The maximum Gasteiger partial charge on any atom is 0.239 e. The lowest BCUT2D eigenvalue weighted by Gasteiger charge is -2.14. The van der Waals surface area contributed by atoms with Crippen LogP contribution in [0, 0.1) is 0 Å². The summed E-state index contributed by atoms with van der Waals surface area (Å²) < 4.78 is 10.9. The highest BCUT2D eigenvalue weighted by Gasteiger charge is 2.08. The minimum atomic E-state index is -0.0943. The van der Waals surface area contributed by atoms with Gasteiger partial charge >= 0.3 is 0 Å². The van der Waals surface area contributed by atoms with Crippen molar-refractivity contribution < 1.29 is 14.3 Å². The van der Waals surface area contributed by atoms with Gasteiger partial charge in [-0.15, -0.1) is 24.0 Å². The van der Waals surface area contributed by atoms with Crippen LogP contribution in [0.25, 0.3) is 0 Å². The maximum absolute atomic E-state index is 12.0. The Bertz CT molecular complexity index is 785. The van der Waals surface area contributed by atoms with Crippen molar-refractivity contribution in [3.05, 3.63) is 54.1 Å². The third-order valence-electron chi connectivity index (χ3n) is 3.94. The van der Waals surface area contributed by atoms with Crippen LogP contribution in [0.1, 0.15) is 12.5 Å². The first-order valence-electron chi connectivity index (χ1n) is 9.25. The highest BCUT2D eigenvalue weighted by molar-refractivity contribution is 14.0. The number of ether oxygens (including phenoxy) is 2. The Morgan fingerprint density at radius 3 is 2.48 bits per heavy atom. The van der Waals surface area contributed by atoms with Crippen molar-refractivity contribution >= 4 is 41.5 Å². The Hall–Kier alpha value is -2.49. The summed E-state index contributed by atoms with van der Waals surface area (Å²) in [6.07, 6.45) is 0.797. The summed E-state index contributed by atoms with van der Waals surface area (Å²) in [7, 11) is 3.24. The van der Waals surface area contributed by atoms with E-state index in [-0.39, 0.29) is 36.4 Å². The number of aliphatic imine (C=N–C) groups is 1. The number of anilines is 1. The first-order chi connectivity index (χ1) is 13.7. The highest BCUT2D eigenvalue weighted by Crippen LogP contribution is 2.30. The molecule has 1 amide bonds. The molecule has 8 heteroatoms. The zero-order valence-corrected chi connectivity index (χ0v) is 19.4.